The minimum Gasteiger partial charge on any atom is -0.481 e. The number of carboxylic acid groups (broad SMARTS) is 1. The number of aromatic nitrogens is 1. The van der Waals surface area contributed by atoms with Crippen molar-refractivity contribution in [2.75, 3.05) is 5.32 Å². The molecule has 110 valence electrons. The van der Waals surface area contributed by atoms with Crippen LogP contribution in [0.3, 0.4) is 0 Å². The van der Waals surface area contributed by atoms with Gasteiger partial charge in [0.1, 0.15) is 0 Å². The van der Waals surface area contributed by atoms with Crippen LogP contribution in [-0.2, 0) is 4.79 Å². The molecule has 0 amide bonds. The lowest BCUT2D eigenvalue weighted by Crippen LogP contribution is -2.36. The number of rotatable bonds is 5. The van der Waals surface area contributed by atoms with Gasteiger partial charge in [0.05, 0.1) is 11.3 Å². The van der Waals surface area contributed by atoms with E-state index >= 15 is 0 Å². The molecule has 0 radical (unpaired) electrons. The number of carboxylic acids is 1. The smallest absolute Gasteiger partial charge is 0.314 e. The molecule has 7 nitrogen and oxygen atoms in total. The Bertz CT molecular complexity index is 523. The molecule has 0 aromatic carbocycles. The molecular weight excluding hydrogens is 262 g/mol. The maximum atomic E-state index is 11.1. The van der Waals surface area contributed by atoms with E-state index in [1.807, 2.05) is 20.8 Å². The van der Waals surface area contributed by atoms with Gasteiger partial charge in [-0.15, -0.1) is 0 Å². The zero-order valence-electron chi connectivity index (χ0n) is 12.0. The van der Waals surface area contributed by atoms with E-state index in [0.717, 1.165) is 0 Å². The quantitative estimate of drug-likeness (QED) is 0.634. The van der Waals surface area contributed by atoms with Crippen molar-refractivity contribution in [1.29, 1.82) is 0 Å². The SMILES string of the molecule is Cc1ccnc(NC(CC(=O)O)C(C)(C)C)c1[N+](=O)[O-]. The molecular formula is C13H19N3O4. The second-order valence-electron chi connectivity index (χ2n) is 5.74. The molecule has 1 atom stereocenters. The largest absolute Gasteiger partial charge is 0.481 e. The summed E-state index contributed by atoms with van der Waals surface area (Å²) in [6, 6.07) is 1.08. The van der Waals surface area contributed by atoms with Crippen LogP contribution in [0.2, 0.25) is 0 Å². The van der Waals surface area contributed by atoms with Crippen LogP contribution in [0.5, 0.6) is 0 Å². The number of nitro groups is 1. The zero-order chi connectivity index (χ0) is 15.5. The van der Waals surface area contributed by atoms with Gasteiger partial charge in [-0.3, -0.25) is 14.9 Å². The number of hydrogen-bond donors (Lipinski definition) is 2. The predicted molar refractivity (Wildman–Crippen MR) is 74.7 cm³/mol. The first kappa shape index (κ1) is 15.9. The van der Waals surface area contributed by atoms with Crippen molar-refractivity contribution >= 4 is 17.5 Å². The molecule has 2 N–H and O–H groups in total. The number of anilines is 1. The Morgan fingerprint density at radius 2 is 2.15 bits per heavy atom. The molecule has 1 aromatic heterocycles. The number of nitrogens with zero attached hydrogens (tertiary/aromatic N) is 2. The summed E-state index contributed by atoms with van der Waals surface area (Å²) in [7, 11) is 0. The highest BCUT2D eigenvalue weighted by atomic mass is 16.6. The van der Waals surface area contributed by atoms with Gasteiger partial charge in [0, 0.05) is 17.8 Å². The van der Waals surface area contributed by atoms with E-state index in [1.54, 1.807) is 13.0 Å². The maximum absolute atomic E-state index is 11.1. The van der Waals surface area contributed by atoms with Gasteiger partial charge in [0.15, 0.2) is 0 Å². The second-order valence-corrected chi connectivity index (χ2v) is 5.74. The Hall–Kier alpha value is -2.18. The average Bonchev–Trinajstić information content (AvgIpc) is 2.25. The topological polar surface area (TPSA) is 105 Å². The standard InChI is InChI=1S/C13H19N3O4/c1-8-5-6-14-12(11(8)16(19)20)15-9(7-10(17)18)13(2,3)4/h5-6,9H,7H2,1-4H3,(H,14,15)(H,17,18). The van der Waals surface area contributed by atoms with E-state index in [1.165, 1.54) is 6.20 Å². The summed E-state index contributed by atoms with van der Waals surface area (Å²) >= 11 is 0. The van der Waals surface area contributed by atoms with Crippen molar-refractivity contribution in [2.24, 2.45) is 5.41 Å². The van der Waals surface area contributed by atoms with Crippen LogP contribution in [-0.4, -0.2) is 27.0 Å². The normalized spacial score (nSPS) is 12.8. The predicted octanol–water partition coefficient (Wildman–Crippen LogP) is 2.60. The fraction of sp³-hybridized carbons (Fsp3) is 0.538. The summed E-state index contributed by atoms with van der Waals surface area (Å²) in [5.41, 5.74) is -0.0138. The van der Waals surface area contributed by atoms with Gasteiger partial charge >= 0.3 is 11.7 Å². The van der Waals surface area contributed by atoms with Crippen molar-refractivity contribution in [3.05, 3.63) is 27.9 Å². The molecule has 0 saturated heterocycles. The molecule has 7 heteroatoms. The Morgan fingerprint density at radius 3 is 2.60 bits per heavy atom. The summed E-state index contributed by atoms with van der Waals surface area (Å²) < 4.78 is 0. The van der Waals surface area contributed by atoms with Gasteiger partial charge in [-0.2, -0.15) is 0 Å². The first-order valence-corrected chi connectivity index (χ1v) is 6.21. The molecule has 0 spiro atoms. The van der Waals surface area contributed by atoms with Crippen molar-refractivity contribution in [3.63, 3.8) is 0 Å². The number of aryl methyl sites for hydroxylation is 1. The molecule has 0 aliphatic heterocycles. The molecule has 0 aliphatic rings. The molecule has 1 aromatic rings. The van der Waals surface area contributed by atoms with Gasteiger partial charge in [0.25, 0.3) is 0 Å². The number of carbonyl (C=O) groups is 1. The second kappa shape index (κ2) is 5.85. The van der Waals surface area contributed by atoms with Crippen LogP contribution in [0.25, 0.3) is 0 Å². The fourth-order valence-electron chi connectivity index (χ4n) is 1.80. The highest BCUT2D eigenvalue weighted by Gasteiger charge is 2.30. The molecule has 1 rings (SSSR count). The van der Waals surface area contributed by atoms with Crippen LogP contribution in [0, 0.1) is 22.5 Å². The average molecular weight is 281 g/mol. The minimum absolute atomic E-state index is 0.108. The summed E-state index contributed by atoms with van der Waals surface area (Å²) in [5, 5.41) is 23.0. The van der Waals surface area contributed by atoms with Crippen LogP contribution in [0.4, 0.5) is 11.5 Å². The van der Waals surface area contributed by atoms with Gasteiger partial charge in [-0.05, 0) is 18.4 Å². The highest BCUT2D eigenvalue weighted by Crippen LogP contribution is 2.30. The fourth-order valence-corrected chi connectivity index (χ4v) is 1.80. The van der Waals surface area contributed by atoms with Crippen LogP contribution >= 0.6 is 0 Å². The third-order valence-electron chi connectivity index (χ3n) is 3.04. The Balaban J connectivity index is 3.15. The Morgan fingerprint density at radius 1 is 1.55 bits per heavy atom. The van der Waals surface area contributed by atoms with E-state index in [-0.39, 0.29) is 23.3 Å². The monoisotopic (exact) mass is 281 g/mol. The molecule has 1 unspecified atom stereocenters. The van der Waals surface area contributed by atoms with Crippen LogP contribution < -0.4 is 5.32 Å². The summed E-state index contributed by atoms with van der Waals surface area (Å²) in [6.07, 6.45) is 1.32. The Kier molecular flexibility index (Phi) is 4.65. The number of hydrogen-bond acceptors (Lipinski definition) is 5. The number of pyridine rings is 1. The number of aliphatic carboxylic acids is 1. The zero-order valence-corrected chi connectivity index (χ0v) is 12.0. The van der Waals surface area contributed by atoms with E-state index in [0.29, 0.717) is 5.56 Å². The van der Waals surface area contributed by atoms with Crippen molar-refractivity contribution in [2.45, 2.75) is 40.2 Å². The number of nitrogens with one attached hydrogen (secondary N) is 1. The molecule has 0 aliphatic carbocycles. The van der Waals surface area contributed by atoms with Gasteiger partial charge in [-0.1, -0.05) is 20.8 Å². The van der Waals surface area contributed by atoms with E-state index in [9.17, 15) is 14.9 Å². The summed E-state index contributed by atoms with van der Waals surface area (Å²) in [4.78, 5) is 25.5. The highest BCUT2D eigenvalue weighted by molar-refractivity contribution is 5.69. The first-order valence-electron chi connectivity index (χ1n) is 6.21. The van der Waals surface area contributed by atoms with E-state index in [4.69, 9.17) is 5.11 Å². The summed E-state index contributed by atoms with van der Waals surface area (Å²) in [6.45, 7) is 7.23. The third kappa shape index (κ3) is 3.91. The molecule has 1 heterocycles. The van der Waals surface area contributed by atoms with E-state index in [2.05, 4.69) is 10.3 Å². The van der Waals surface area contributed by atoms with Gasteiger partial charge < -0.3 is 10.4 Å². The van der Waals surface area contributed by atoms with Gasteiger partial charge in [-0.25, -0.2) is 4.98 Å². The lowest BCUT2D eigenvalue weighted by atomic mass is 9.84. The van der Waals surface area contributed by atoms with Crippen molar-refractivity contribution in [1.82, 2.24) is 4.98 Å². The lowest BCUT2D eigenvalue weighted by molar-refractivity contribution is -0.384. The van der Waals surface area contributed by atoms with Crippen molar-refractivity contribution < 1.29 is 14.8 Å². The maximum Gasteiger partial charge on any atom is 0.314 e. The molecule has 20 heavy (non-hydrogen) atoms. The Labute approximate surface area is 117 Å². The molecule has 0 saturated carbocycles. The van der Waals surface area contributed by atoms with E-state index < -0.39 is 16.9 Å². The van der Waals surface area contributed by atoms with Crippen LogP contribution in [0.15, 0.2) is 12.3 Å². The summed E-state index contributed by atoms with van der Waals surface area (Å²) in [5.74, 6) is -0.857. The van der Waals surface area contributed by atoms with Gasteiger partial charge in [0.2, 0.25) is 5.82 Å². The molecule has 0 fully saturated rings. The minimum atomic E-state index is -0.965. The third-order valence-corrected chi connectivity index (χ3v) is 3.04. The lowest BCUT2D eigenvalue weighted by Gasteiger charge is -2.30. The first-order chi connectivity index (χ1) is 9.12. The van der Waals surface area contributed by atoms with Crippen molar-refractivity contribution in [3.8, 4) is 0 Å². The van der Waals surface area contributed by atoms with Crippen LogP contribution in [0.1, 0.15) is 32.8 Å². The molecule has 0 bridgehead atoms.